The van der Waals surface area contributed by atoms with Gasteiger partial charge in [0, 0.05) is 11.2 Å². The lowest BCUT2D eigenvalue weighted by Crippen LogP contribution is -2.24. The van der Waals surface area contributed by atoms with Gasteiger partial charge in [-0.15, -0.1) is 0 Å². The molecule has 0 fully saturated rings. The molecule has 0 radical (unpaired) electrons. The number of hydrogen-bond donors (Lipinski definition) is 1. The van der Waals surface area contributed by atoms with Gasteiger partial charge in [-0.25, -0.2) is 9.78 Å². The summed E-state index contributed by atoms with van der Waals surface area (Å²) in [6.45, 7) is 0.959. The number of carbonyl (C=O) groups excluding carboxylic acids is 2. The van der Waals surface area contributed by atoms with E-state index in [1.807, 2.05) is 0 Å². The van der Waals surface area contributed by atoms with Crippen molar-refractivity contribution in [2.75, 3.05) is 18.5 Å². The Kier molecular flexibility index (Phi) is 6.87. The number of aromatic nitrogens is 1. The number of ether oxygens (including phenoxy) is 2. The highest BCUT2D eigenvalue weighted by atomic mass is 35.5. The molecule has 1 N–H and O–H groups in total. The molecular weight excluding hydrogens is 391 g/mol. The van der Waals surface area contributed by atoms with Gasteiger partial charge in [-0.3, -0.25) is 4.79 Å². The van der Waals surface area contributed by atoms with Crippen LogP contribution in [0.2, 0.25) is 15.1 Å². The number of pyridine rings is 1. The van der Waals surface area contributed by atoms with Crippen LogP contribution in [0.25, 0.3) is 0 Å². The number of rotatable bonds is 6. The molecule has 0 saturated heterocycles. The van der Waals surface area contributed by atoms with E-state index in [0.717, 1.165) is 5.56 Å². The van der Waals surface area contributed by atoms with Gasteiger partial charge >= 0.3 is 5.97 Å². The largest absolute Gasteiger partial charge is 0.482 e. The molecule has 0 aliphatic heterocycles. The Bertz CT molecular complexity index is 799. The van der Waals surface area contributed by atoms with Crippen molar-refractivity contribution in [2.24, 2.45) is 0 Å². The second-order valence-corrected chi connectivity index (χ2v) is 6.17. The predicted molar refractivity (Wildman–Crippen MR) is 95.5 cm³/mol. The zero-order valence-electron chi connectivity index (χ0n) is 13.0. The van der Waals surface area contributed by atoms with Crippen LogP contribution < -0.4 is 10.1 Å². The van der Waals surface area contributed by atoms with Crippen LogP contribution in [0.1, 0.15) is 5.56 Å². The standard InChI is InChI=1S/C16H13Cl3N2O4/c1-9-4-10(17)2-3-13(9)24-8-15(23)25-7-14(22)21-16-12(19)5-11(18)6-20-16/h2-6H,7-8H2,1H3,(H,20,21,22). The van der Waals surface area contributed by atoms with E-state index in [2.05, 4.69) is 10.3 Å². The van der Waals surface area contributed by atoms with E-state index in [1.165, 1.54) is 12.3 Å². The first-order chi connectivity index (χ1) is 11.8. The number of hydrogen-bond acceptors (Lipinski definition) is 5. The molecule has 9 heteroatoms. The highest BCUT2D eigenvalue weighted by Gasteiger charge is 2.12. The zero-order valence-corrected chi connectivity index (χ0v) is 15.3. The summed E-state index contributed by atoms with van der Waals surface area (Å²) in [5, 5.41) is 3.49. The van der Waals surface area contributed by atoms with Crippen molar-refractivity contribution in [1.29, 1.82) is 0 Å². The van der Waals surface area contributed by atoms with Gasteiger partial charge in [-0.05, 0) is 36.8 Å². The lowest BCUT2D eigenvalue weighted by Gasteiger charge is -2.10. The van der Waals surface area contributed by atoms with E-state index in [9.17, 15) is 9.59 Å². The van der Waals surface area contributed by atoms with Gasteiger partial charge in [0.05, 0.1) is 10.0 Å². The summed E-state index contributed by atoms with van der Waals surface area (Å²) in [6, 6.07) is 6.43. The quantitative estimate of drug-likeness (QED) is 0.740. The maximum Gasteiger partial charge on any atom is 0.344 e. The number of amides is 1. The Hall–Kier alpha value is -2.02. The lowest BCUT2D eigenvalue weighted by atomic mass is 10.2. The van der Waals surface area contributed by atoms with E-state index in [0.29, 0.717) is 15.8 Å². The van der Waals surface area contributed by atoms with E-state index < -0.39 is 18.5 Å². The fourth-order valence-electron chi connectivity index (χ4n) is 1.77. The Morgan fingerprint density at radius 2 is 1.88 bits per heavy atom. The molecule has 2 aromatic rings. The first kappa shape index (κ1) is 19.3. The summed E-state index contributed by atoms with van der Waals surface area (Å²) in [4.78, 5) is 27.3. The summed E-state index contributed by atoms with van der Waals surface area (Å²) in [5.41, 5.74) is 0.779. The van der Waals surface area contributed by atoms with Crippen LogP contribution in [0.3, 0.4) is 0 Å². The van der Waals surface area contributed by atoms with Gasteiger partial charge in [0.2, 0.25) is 0 Å². The molecule has 25 heavy (non-hydrogen) atoms. The minimum absolute atomic E-state index is 0.125. The molecule has 132 valence electrons. The van der Waals surface area contributed by atoms with E-state index in [1.54, 1.807) is 25.1 Å². The number of aryl methyl sites for hydroxylation is 1. The van der Waals surface area contributed by atoms with Crippen LogP contribution in [0.15, 0.2) is 30.5 Å². The molecule has 1 aromatic heterocycles. The highest BCUT2D eigenvalue weighted by Crippen LogP contribution is 2.23. The molecular formula is C16H13Cl3N2O4. The smallest absolute Gasteiger partial charge is 0.344 e. The van der Waals surface area contributed by atoms with Gasteiger partial charge in [0.15, 0.2) is 19.0 Å². The number of carbonyl (C=O) groups is 2. The average molecular weight is 404 g/mol. The second kappa shape index (κ2) is 8.89. The fraction of sp³-hybridized carbons (Fsp3) is 0.188. The third kappa shape index (κ3) is 6.08. The number of esters is 1. The molecule has 1 amide bonds. The first-order valence-electron chi connectivity index (χ1n) is 7.00. The van der Waals surface area contributed by atoms with Crippen LogP contribution >= 0.6 is 34.8 Å². The average Bonchev–Trinajstić information content (AvgIpc) is 2.55. The maximum absolute atomic E-state index is 11.7. The minimum Gasteiger partial charge on any atom is -0.482 e. The monoisotopic (exact) mass is 402 g/mol. The van der Waals surface area contributed by atoms with Crippen molar-refractivity contribution in [3.05, 3.63) is 51.1 Å². The first-order valence-corrected chi connectivity index (χ1v) is 8.14. The van der Waals surface area contributed by atoms with Gasteiger partial charge in [0.1, 0.15) is 5.75 Å². The van der Waals surface area contributed by atoms with Gasteiger partial charge in [-0.2, -0.15) is 0 Å². The fourth-order valence-corrected chi connectivity index (χ4v) is 2.43. The minimum atomic E-state index is -0.695. The molecule has 0 aliphatic carbocycles. The molecule has 0 spiro atoms. The van der Waals surface area contributed by atoms with E-state index in [-0.39, 0.29) is 17.4 Å². The summed E-state index contributed by atoms with van der Waals surface area (Å²) in [6.07, 6.45) is 1.33. The Morgan fingerprint density at radius 1 is 1.12 bits per heavy atom. The number of benzene rings is 1. The van der Waals surface area contributed by atoms with Gasteiger partial charge in [0.25, 0.3) is 5.91 Å². The third-order valence-corrected chi connectivity index (χ3v) is 3.64. The van der Waals surface area contributed by atoms with Crippen molar-refractivity contribution < 1.29 is 19.1 Å². The van der Waals surface area contributed by atoms with Gasteiger partial charge in [-0.1, -0.05) is 34.8 Å². The Labute approximate surface area is 159 Å². The molecule has 0 aliphatic rings. The molecule has 0 unspecified atom stereocenters. The van der Waals surface area contributed by atoms with Crippen molar-refractivity contribution in [1.82, 2.24) is 4.98 Å². The normalized spacial score (nSPS) is 10.2. The molecule has 0 atom stereocenters. The SMILES string of the molecule is Cc1cc(Cl)ccc1OCC(=O)OCC(=O)Nc1ncc(Cl)cc1Cl. The molecule has 2 rings (SSSR count). The maximum atomic E-state index is 11.7. The Balaban J connectivity index is 1.78. The zero-order chi connectivity index (χ0) is 18.4. The lowest BCUT2D eigenvalue weighted by molar-refractivity contribution is -0.149. The van der Waals surface area contributed by atoms with Crippen LogP contribution in [0.5, 0.6) is 5.75 Å². The second-order valence-electron chi connectivity index (χ2n) is 4.89. The summed E-state index contributed by atoms with van der Waals surface area (Å²) in [7, 11) is 0. The summed E-state index contributed by atoms with van der Waals surface area (Å²) in [5.74, 6) is -0.657. The van der Waals surface area contributed by atoms with Crippen molar-refractivity contribution in [2.45, 2.75) is 6.92 Å². The number of nitrogens with zero attached hydrogens (tertiary/aromatic N) is 1. The molecule has 0 saturated carbocycles. The van der Waals surface area contributed by atoms with Crippen molar-refractivity contribution in [3.8, 4) is 5.75 Å². The molecule has 0 bridgehead atoms. The molecule has 1 heterocycles. The third-order valence-electron chi connectivity index (χ3n) is 2.91. The number of halogens is 3. The highest BCUT2D eigenvalue weighted by molar-refractivity contribution is 6.36. The van der Waals surface area contributed by atoms with Crippen LogP contribution in [-0.2, 0) is 14.3 Å². The van der Waals surface area contributed by atoms with Crippen LogP contribution in [0.4, 0.5) is 5.82 Å². The number of nitrogens with one attached hydrogen (secondary N) is 1. The van der Waals surface area contributed by atoms with Crippen molar-refractivity contribution >= 4 is 52.5 Å². The van der Waals surface area contributed by atoms with Crippen LogP contribution in [0, 0.1) is 6.92 Å². The van der Waals surface area contributed by atoms with E-state index >= 15 is 0 Å². The van der Waals surface area contributed by atoms with Crippen LogP contribution in [-0.4, -0.2) is 30.1 Å². The molecule has 1 aromatic carbocycles. The summed E-state index contributed by atoms with van der Waals surface area (Å²) >= 11 is 17.4. The van der Waals surface area contributed by atoms with E-state index in [4.69, 9.17) is 44.3 Å². The Morgan fingerprint density at radius 3 is 2.56 bits per heavy atom. The topological polar surface area (TPSA) is 77.5 Å². The number of anilines is 1. The van der Waals surface area contributed by atoms with Crippen molar-refractivity contribution in [3.63, 3.8) is 0 Å². The van der Waals surface area contributed by atoms with Gasteiger partial charge < -0.3 is 14.8 Å². The summed E-state index contributed by atoms with van der Waals surface area (Å²) < 4.78 is 10.1. The predicted octanol–water partition coefficient (Wildman–Crippen LogP) is 3.91. The molecule has 6 nitrogen and oxygen atoms in total.